The molecule has 1 heterocycles. The molecule has 0 bridgehead atoms. The average molecular weight is 266 g/mol. The van der Waals surface area contributed by atoms with Gasteiger partial charge in [0.25, 0.3) is 0 Å². The van der Waals surface area contributed by atoms with E-state index < -0.39 is 0 Å². The largest absolute Gasteiger partial charge is 0.271 e. The molecule has 1 aromatic rings. The van der Waals surface area contributed by atoms with Crippen LogP contribution in [0.2, 0.25) is 0 Å². The summed E-state index contributed by atoms with van der Waals surface area (Å²) in [4.78, 5) is 0. The van der Waals surface area contributed by atoms with E-state index in [2.05, 4.69) is 31.7 Å². The van der Waals surface area contributed by atoms with E-state index in [0.717, 1.165) is 16.0 Å². The Bertz CT molecular complexity index is 256. The Kier molecular flexibility index (Phi) is 4.17. The lowest BCUT2D eigenvalue weighted by Gasteiger charge is -2.14. The molecule has 0 saturated heterocycles. The zero-order valence-corrected chi connectivity index (χ0v) is 9.89. The summed E-state index contributed by atoms with van der Waals surface area (Å²) < 4.78 is 2.46. The molecular formula is C6H12BrN5S. The first kappa shape index (κ1) is 11.0. The quantitative estimate of drug-likeness (QED) is 0.611. The molecule has 0 amide bonds. The van der Waals surface area contributed by atoms with Gasteiger partial charge in [0.05, 0.1) is 11.7 Å². The van der Waals surface area contributed by atoms with Crippen molar-refractivity contribution in [1.82, 2.24) is 20.4 Å². The van der Waals surface area contributed by atoms with Gasteiger partial charge in [0.15, 0.2) is 4.60 Å². The zero-order valence-electron chi connectivity index (χ0n) is 7.49. The van der Waals surface area contributed by atoms with Crippen molar-refractivity contribution < 1.29 is 0 Å². The molecule has 1 unspecified atom stereocenters. The number of thioether (sulfide) groups is 1. The first-order valence-corrected chi connectivity index (χ1v) is 5.89. The maximum atomic E-state index is 5.43. The minimum atomic E-state index is 0.0735. The van der Waals surface area contributed by atoms with Crippen molar-refractivity contribution in [1.29, 1.82) is 0 Å². The number of rotatable bonds is 4. The third-order valence-electron chi connectivity index (χ3n) is 1.69. The highest BCUT2D eigenvalue weighted by Gasteiger charge is 2.17. The second-order valence-corrected chi connectivity index (χ2v) is 4.23. The molecule has 0 aliphatic carbocycles. The fourth-order valence-electron chi connectivity index (χ4n) is 1.08. The summed E-state index contributed by atoms with van der Waals surface area (Å²) in [5, 5.41) is 7.77. The lowest BCUT2D eigenvalue weighted by atomic mass is 10.3. The van der Waals surface area contributed by atoms with E-state index in [1.54, 1.807) is 16.4 Å². The van der Waals surface area contributed by atoms with E-state index in [4.69, 9.17) is 5.84 Å². The maximum absolute atomic E-state index is 5.43. The highest BCUT2D eigenvalue weighted by atomic mass is 79.9. The second-order valence-electron chi connectivity index (χ2n) is 2.56. The van der Waals surface area contributed by atoms with E-state index >= 15 is 0 Å². The molecule has 13 heavy (non-hydrogen) atoms. The average Bonchev–Trinajstić information content (AvgIpc) is 2.43. The third-order valence-corrected chi connectivity index (χ3v) is 2.92. The van der Waals surface area contributed by atoms with E-state index in [-0.39, 0.29) is 6.04 Å². The molecule has 1 aromatic heterocycles. The van der Waals surface area contributed by atoms with Gasteiger partial charge in [-0.2, -0.15) is 11.8 Å². The van der Waals surface area contributed by atoms with Crippen molar-refractivity contribution in [3.63, 3.8) is 0 Å². The van der Waals surface area contributed by atoms with E-state index in [9.17, 15) is 0 Å². The van der Waals surface area contributed by atoms with Gasteiger partial charge in [-0.3, -0.25) is 11.3 Å². The standard InChI is InChI=1S/C6H12BrN5S/c1-12-5(6(7)10-11-12)4(9-8)3-13-2/h4,9H,3,8H2,1-2H3. The lowest BCUT2D eigenvalue weighted by Crippen LogP contribution is -2.31. The second kappa shape index (κ2) is 4.94. The summed E-state index contributed by atoms with van der Waals surface area (Å²) in [6.45, 7) is 0. The van der Waals surface area contributed by atoms with Crippen LogP contribution in [0.5, 0.6) is 0 Å². The smallest absolute Gasteiger partial charge is 0.153 e. The number of aromatic nitrogens is 3. The minimum Gasteiger partial charge on any atom is -0.271 e. The van der Waals surface area contributed by atoms with Crippen LogP contribution in [0.15, 0.2) is 4.60 Å². The Labute approximate surface area is 89.5 Å². The van der Waals surface area contributed by atoms with Crippen LogP contribution >= 0.6 is 27.7 Å². The molecule has 1 atom stereocenters. The SMILES string of the molecule is CSCC(NN)c1c(Br)nnn1C. The molecule has 7 heteroatoms. The number of nitrogens with zero attached hydrogens (tertiary/aromatic N) is 3. The molecule has 3 N–H and O–H groups in total. The van der Waals surface area contributed by atoms with Gasteiger partial charge in [0, 0.05) is 12.8 Å². The van der Waals surface area contributed by atoms with Crippen LogP contribution in [0, 0.1) is 0 Å². The van der Waals surface area contributed by atoms with Crippen molar-refractivity contribution in [3.8, 4) is 0 Å². The Morgan fingerprint density at radius 1 is 1.77 bits per heavy atom. The summed E-state index contributed by atoms with van der Waals surface area (Å²) in [6, 6.07) is 0.0735. The normalized spacial score (nSPS) is 13.2. The molecule has 0 saturated carbocycles. The third kappa shape index (κ3) is 2.43. The first-order chi connectivity index (χ1) is 6.20. The molecule has 0 aliphatic rings. The van der Waals surface area contributed by atoms with Gasteiger partial charge in [-0.25, -0.2) is 4.68 Å². The van der Waals surface area contributed by atoms with Crippen molar-refractivity contribution in [3.05, 3.63) is 10.3 Å². The number of nitrogens with one attached hydrogen (secondary N) is 1. The number of halogens is 1. The van der Waals surface area contributed by atoms with E-state index in [1.165, 1.54) is 0 Å². The van der Waals surface area contributed by atoms with Crippen LogP contribution < -0.4 is 11.3 Å². The molecule has 74 valence electrons. The minimum absolute atomic E-state index is 0.0735. The number of nitrogens with two attached hydrogens (primary N) is 1. The number of hydrogen-bond donors (Lipinski definition) is 2. The van der Waals surface area contributed by atoms with Gasteiger partial charge in [0.1, 0.15) is 0 Å². The fraction of sp³-hybridized carbons (Fsp3) is 0.667. The summed E-state index contributed by atoms with van der Waals surface area (Å²) in [5.74, 6) is 6.32. The van der Waals surface area contributed by atoms with E-state index in [1.807, 2.05) is 13.3 Å². The summed E-state index contributed by atoms with van der Waals surface area (Å²) in [7, 11) is 1.84. The van der Waals surface area contributed by atoms with Gasteiger partial charge in [-0.05, 0) is 22.2 Å². The molecule has 0 radical (unpaired) electrons. The highest BCUT2D eigenvalue weighted by molar-refractivity contribution is 9.10. The molecular weight excluding hydrogens is 254 g/mol. The monoisotopic (exact) mass is 265 g/mol. The first-order valence-electron chi connectivity index (χ1n) is 3.70. The van der Waals surface area contributed by atoms with Gasteiger partial charge < -0.3 is 0 Å². The van der Waals surface area contributed by atoms with E-state index in [0.29, 0.717) is 0 Å². The summed E-state index contributed by atoms with van der Waals surface area (Å²) in [5.41, 5.74) is 3.70. The van der Waals surface area contributed by atoms with Gasteiger partial charge in [0.2, 0.25) is 0 Å². The number of aryl methyl sites for hydroxylation is 1. The predicted octanol–water partition coefficient (Wildman–Crippen LogP) is 0.445. The molecule has 1 rings (SSSR count). The highest BCUT2D eigenvalue weighted by Crippen LogP contribution is 2.21. The molecule has 0 fully saturated rings. The molecule has 0 aromatic carbocycles. The van der Waals surface area contributed by atoms with Gasteiger partial charge >= 0.3 is 0 Å². The van der Waals surface area contributed by atoms with Crippen LogP contribution in [-0.2, 0) is 7.05 Å². The maximum Gasteiger partial charge on any atom is 0.153 e. The van der Waals surface area contributed by atoms with Crippen LogP contribution in [0.3, 0.4) is 0 Å². The summed E-state index contributed by atoms with van der Waals surface area (Å²) >= 11 is 5.05. The van der Waals surface area contributed by atoms with Gasteiger partial charge in [-0.1, -0.05) is 5.21 Å². The van der Waals surface area contributed by atoms with Crippen molar-refractivity contribution >= 4 is 27.7 Å². The molecule has 5 nitrogen and oxygen atoms in total. The Balaban J connectivity index is 2.89. The Hall–Kier alpha value is -0.110. The number of hydrogen-bond acceptors (Lipinski definition) is 5. The molecule has 0 spiro atoms. The zero-order chi connectivity index (χ0) is 9.84. The number of hydrazine groups is 1. The Morgan fingerprint density at radius 2 is 2.46 bits per heavy atom. The van der Waals surface area contributed by atoms with Crippen molar-refractivity contribution in [2.75, 3.05) is 12.0 Å². The van der Waals surface area contributed by atoms with Crippen LogP contribution in [0.4, 0.5) is 0 Å². The predicted molar refractivity (Wildman–Crippen MR) is 57.1 cm³/mol. The fourth-order valence-corrected chi connectivity index (χ4v) is 2.27. The van der Waals surface area contributed by atoms with Crippen LogP contribution in [-0.4, -0.2) is 27.0 Å². The Morgan fingerprint density at radius 3 is 2.85 bits per heavy atom. The topological polar surface area (TPSA) is 68.8 Å². The van der Waals surface area contributed by atoms with Crippen LogP contribution in [0.1, 0.15) is 11.7 Å². The van der Waals surface area contributed by atoms with Crippen molar-refractivity contribution in [2.24, 2.45) is 12.9 Å². The molecule has 0 aliphatic heterocycles. The summed E-state index contributed by atoms with van der Waals surface area (Å²) in [6.07, 6.45) is 2.03. The lowest BCUT2D eigenvalue weighted by molar-refractivity contribution is 0.550. The van der Waals surface area contributed by atoms with Crippen LogP contribution in [0.25, 0.3) is 0 Å². The van der Waals surface area contributed by atoms with Crippen molar-refractivity contribution in [2.45, 2.75) is 6.04 Å². The van der Waals surface area contributed by atoms with Gasteiger partial charge in [-0.15, -0.1) is 5.10 Å².